The third-order valence-corrected chi connectivity index (χ3v) is 3.79. The van der Waals surface area contributed by atoms with Crippen LogP contribution in [0, 0.1) is 10.8 Å². The van der Waals surface area contributed by atoms with Crippen molar-refractivity contribution in [2.75, 3.05) is 7.11 Å². The molecule has 1 unspecified atom stereocenters. The number of carbonyl (C=O) groups excluding carboxylic acids is 1. The number of methoxy groups -OCH3 is 1. The predicted octanol–water partition coefficient (Wildman–Crippen LogP) is 3.80. The van der Waals surface area contributed by atoms with E-state index >= 15 is 0 Å². The summed E-state index contributed by atoms with van der Waals surface area (Å²) in [5.41, 5.74) is -0.757. The molecule has 3 nitrogen and oxygen atoms in total. The van der Waals surface area contributed by atoms with Crippen molar-refractivity contribution in [1.29, 1.82) is 0 Å². The molecule has 0 aromatic heterocycles. The lowest BCUT2D eigenvalue weighted by Crippen LogP contribution is -2.47. The topological polar surface area (TPSA) is 46.5 Å². The highest BCUT2D eigenvalue weighted by atomic mass is 16.5. The highest BCUT2D eigenvalue weighted by Gasteiger charge is 2.49. The summed E-state index contributed by atoms with van der Waals surface area (Å²) in [6.07, 6.45) is 3.59. The van der Waals surface area contributed by atoms with Gasteiger partial charge in [-0.1, -0.05) is 47.6 Å². The highest BCUT2D eigenvalue weighted by Crippen LogP contribution is 2.45. The minimum Gasteiger partial charge on any atom is -0.497 e. The molecule has 1 atom stereocenters. The molecule has 0 spiro atoms. The van der Waals surface area contributed by atoms with E-state index in [1.54, 1.807) is 6.08 Å². The van der Waals surface area contributed by atoms with Crippen molar-refractivity contribution in [3.8, 4) is 0 Å². The minimum absolute atomic E-state index is 0.141. The maximum Gasteiger partial charge on any atom is 0.199 e. The second-order valence-corrected chi connectivity index (χ2v) is 7.69. The monoisotopic (exact) mass is 292 g/mol. The van der Waals surface area contributed by atoms with Gasteiger partial charge in [0, 0.05) is 12.0 Å². The number of rotatable bonds is 3. The van der Waals surface area contributed by atoms with Crippen LogP contribution in [0.4, 0.5) is 0 Å². The molecule has 0 aromatic carbocycles. The van der Waals surface area contributed by atoms with E-state index in [2.05, 4.69) is 6.58 Å². The Labute approximate surface area is 128 Å². The molecule has 0 heterocycles. The third kappa shape index (κ3) is 3.13. The van der Waals surface area contributed by atoms with E-state index in [1.165, 1.54) is 7.11 Å². The Bertz CT molecular complexity index is 510. The van der Waals surface area contributed by atoms with Crippen molar-refractivity contribution in [2.45, 2.75) is 53.6 Å². The molecular weight excluding hydrogens is 264 g/mol. The molecule has 3 heteroatoms. The summed E-state index contributed by atoms with van der Waals surface area (Å²) in [5, 5.41) is 11.0. The number of allylic oxidation sites excluding steroid dienone is 2. The molecule has 1 aliphatic rings. The number of ether oxygens (including phenoxy) is 1. The van der Waals surface area contributed by atoms with E-state index in [0.717, 1.165) is 5.57 Å². The first kappa shape index (κ1) is 17.7. The van der Waals surface area contributed by atoms with Gasteiger partial charge in [-0.3, -0.25) is 4.79 Å². The standard InChI is InChI=1S/C18H28O3/c1-9-10-18(20)14(19)12(16(2,3)4)11-13(15(18)21-8)17(5,6)7/h9,11,20H,1,10H2,2-8H3. The van der Waals surface area contributed by atoms with Gasteiger partial charge in [0.2, 0.25) is 0 Å². The number of hydrogen-bond donors (Lipinski definition) is 1. The zero-order chi connectivity index (χ0) is 16.6. The Morgan fingerprint density at radius 3 is 2.10 bits per heavy atom. The zero-order valence-corrected chi connectivity index (χ0v) is 14.3. The smallest absolute Gasteiger partial charge is 0.199 e. The summed E-state index contributed by atoms with van der Waals surface area (Å²) in [7, 11) is 1.50. The van der Waals surface area contributed by atoms with Crippen molar-refractivity contribution in [3.05, 3.63) is 35.6 Å². The van der Waals surface area contributed by atoms with Gasteiger partial charge < -0.3 is 9.84 Å². The Morgan fingerprint density at radius 1 is 1.24 bits per heavy atom. The van der Waals surface area contributed by atoms with Crippen LogP contribution >= 0.6 is 0 Å². The highest BCUT2D eigenvalue weighted by molar-refractivity contribution is 6.06. The van der Waals surface area contributed by atoms with Gasteiger partial charge in [-0.25, -0.2) is 0 Å². The second kappa shape index (κ2) is 5.45. The molecule has 0 amide bonds. The predicted molar refractivity (Wildman–Crippen MR) is 85.8 cm³/mol. The third-order valence-electron chi connectivity index (χ3n) is 3.79. The van der Waals surface area contributed by atoms with Crippen LogP contribution in [0.2, 0.25) is 0 Å². The number of Topliss-reactive ketones (excluding diaryl/α,β-unsaturated/α-hetero) is 1. The molecule has 0 fully saturated rings. The van der Waals surface area contributed by atoms with E-state index in [1.807, 2.05) is 47.6 Å². The molecule has 0 saturated carbocycles. The molecule has 1 rings (SSSR count). The van der Waals surface area contributed by atoms with Crippen LogP contribution in [-0.2, 0) is 9.53 Å². The largest absolute Gasteiger partial charge is 0.497 e. The van der Waals surface area contributed by atoms with Gasteiger partial charge in [0.25, 0.3) is 0 Å². The van der Waals surface area contributed by atoms with E-state index in [4.69, 9.17) is 4.74 Å². The van der Waals surface area contributed by atoms with Crippen molar-refractivity contribution >= 4 is 5.78 Å². The van der Waals surface area contributed by atoms with Gasteiger partial charge in [-0.2, -0.15) is 0 Å². The van der Waals surface area contributed by atoms with Crippen LogP contribution < -0.4 is 0 Å². The number of aliphatic hydroxyl groups is 1. The fourth-order valence-corrected chi connectivity index (χ4v) is 2.61. The van der Waals surface area contributed by atoms with Crippen molar-refractivity contribution in [1.82, 2.24) is 0 Å². The van der Waals surface area contributed by atoms with Crippen LogP contribution in [0.1, 0.15) is 48.0 Å². The Kier molecular flexibility index (Phi) is 4.59. The van der Waals surface area contributed by atoms with Gasteiger partial charge in [-0.15, -0.1) is 6.58 Å². The van der Waals surface area contributed by atoms with Crippen molar-refractivity contribution in [3.63, 3.8) is 0 Å². The van der Waals surface area contributed by atoms with E-state index in [-0.39, 0.29) is 23.0 Å². The quantitative estimate of drug-likeness (QED) is 0.805. The molecule has 21 heavy (non-hydrogen) atoms. The molecule has 0 aromatic rings. The summed E-state index contributed by atoms with van der Waals surface area (Å²) in [4.78, 5) is 12.8. The molecule has 0 bridgehead atoms. The molecule has 1 aliphatic carbocycles. The molecule has 0 radical (unpaired) electrons. The number of ketones is 1. The second-order valence-electron chi connectivity index (χ2n) is 7.69. The van der Waals surface area contributed by atoms with Gasteiger partial charge in [0.15, 0.2) is 11.4 Å². The van der Waals surface area contributed by atoms with Gasteiger partial charge in [-0.05, 0) is 22.5 Å². The first-order valence-electron chi connectivity index (χ1n) is 7.29. The van der Waals surface area contributed by atoms with Gasteiger partial charge >= 0.3 is 0 Å². The first-order valence-corrected chi connectivity index (χ1v) is 7.29. The Balaban J connectivity index is 3.71. The molecule has 0 saturated heterocycles. The van der Waals surface area contributed by atoms with Crippen molar-refractivity contribution < 1.29 is 14.6 Å². The summed E-state index contributed by atoms with van der Waals surface area (Å²) < 4.78 is 5.45. The lowest BCUT2D eigenvalue weighted by molar-refractivity contribution is -0.134. The first-order chi connectivity index (χ1) is 9.39. The van der Waals surface area contributed by atoms with E-state index in [0.29, 0.717) is 11.3 Å². The van der Waals surface area contributed by atoms with E-state index in [9.17, 15) is 9.90 Å². The lowest BCUT2D eigenvalue weighted by Gasteiger charge is -2.40. The lowest BCUT2D eigenvalue weighted by atomic mass is 9.68. The maximum absolute atomic E-state index is 12.8. The summed E-state index contributed by atoms with van der Waals surface area (Å²) in [6, 6.07) is 0. The average molecular weight is 292 g/mol. The molecule has 118 valence electrons. The Hall–Kier alpha value is -1.35. The number of carbonyl (C=O) groups is 1. The Morgan fingerprint density at radius 2 is 1.76 bits per heavy atom. The zero-order valence-electron chi connectivity index (χ0n) is 14.3. The van der Waals surface area contributed by atoms with Crippen LogP contribution in [0.5, 0.6) is 0 Å². The SMILES string of the molecule is C=CCC1(O)C(=O)C(C(C)(C)C)=CC(C(C)(C)C)=C1OC. The van der Waals surface area contributed by atoms with Crippen molar-refractivity contribution in [2.24, 2.45) is 10.8 Å². The fraction of sp³-hybridized carbons (Fsp3) is 0.611. The molecule has 1 N–H and O–H groups in total. The van der Waals surface area contributed by atoms with Crippen LogP contribution in [0.15, 0.2) is 35.6 Å². The molecule has 0 aliphatic heterocycles. The maximum atomic E-state index is 12.8. The van der Waals surface area contributed by atoms with Crippen LogP contribution in [0.25, 0.3) is 0 Å². The van der Waals surface area contributed by atoms with Gasteiger partial charge in [0.1, 0.15) is 5.76 Å². The summed E-state index contributed by atoms with van der Waals surface area (Å²) in [6.45, 7) is 15.7. The summed E-state index contributed by atoms with van der Waals surface area (Å²) >= 11 is 0. The van der Waals surface area contributed by atoms with E-state index < -0.39 is 5.60 Å². The van der Waals surface area contributed by atoms with Crippen LogP contribution in [0.3, 0.4) is 0 Å². The summed E-state index contributed by atoms with van der Waals surface area (Å²) in [5.74, 6) is 0.0488. The fourth-order valence-electron chi connectivity index (χ4n) is 2.61. The molecular formula is C18H28O3. The number of hydrogen-bond acceptors (Lipinski definition) is 3. The normalized spacial score (nSPS) is 24.0. The minimum atomic E-state index is -1.66. The van der Waals surface area contributed by atoms with Gasteiger partial charge in [0.05, 0.1) is 7.11 Å². The average Bonchev–Trinajstić information content (AvgIpc) is 2.29. The van der Waals surface area contributed by atoms with Crippen LogP contribution in [-0.4, -0.2) is 23.6 Å².